The quantitative estimate of drug-likeness (QED) is 0.494. The number of hydrogen-bond donors (Lipinski definition) is 1. The second-order valence-corrected chi connectivity index (χ2v) is 8.45. The van der Waals surface area contributed by atoms with Gasteiger partial charge in [0.1, 0.15) is 5.75 Å². The molecular weight excluding hydrogens is 392 g/mol. The third-order valence-corrected chi connectivity index (χ3v) is 4.95. The lowest BCUT2D eigenvalue weighted by molar-refractivity contribution is 0.171. The summed E-state index contributed by atoms with van der Waals surface area (Å²) >= 11 is 0. The molecule has 2 rings (SSSR count). The predicted octanol–water partition coefficient (Wildman–Crippen LogP) is 3.71. The maximum absolute atomic E-state index is 12.9. The van der Waals surface area contributed by atoms with Crippen molar-refractivity contribution in [1.82, 2.24) is 4.90 Å². The maximum Gasteiger partial charge on any atom is 0.322 e. The maximum atomic E-state index is 12.9. The molecule has 2 amide bonds. The van der Waals surface area contributed by atoms with E-state index in [1.165, 1.54) is 0 Å². The summed E-state index contributed by atoms with van der Waals surface area (Å²) in [6.45, 7) is 5.42. The van der Waals surface area contributed by atoms with Gasteiger partial charge in [-0.15, -0.1) is 0 Å². The lowest BCUT2D eigenvalue weighted by atomic mass is 10.1. The van der Waals surface area contributed by atoms with E-state index < -0.39 is 10.1 Å². The Kier molecular flexibility index (Phi) is 8.04. The van der Waals surface area contributed by atoms with E-state index in [0.29, 0.717) is 26.1 Å². The van der Waals surface area contributed by atoms with Crippen molar-refractivity contribution in [3.63, 3.8) is 0 Å². The third-order valence-electron chi connectivity index (χ3n) is 4.45. The highest BCUT2D eigenvalue weighted by Crippen LogP contribution is 2.20. The number of nitrogens with one attached hydrogen (secondary N) is 1. The molecule has 0 saturated heterocycles. The molecule has 0 spiro atoms. The van der Waals surface area contributed by atoms with Crippen LogP contribution in [0.1, 0.15) is 23.1 Å². The van der Waals surface area contributed by atoms with Crippen LogP contribution in [0.4, 0.5) is 10.5 Å². The lowest BCUT2D eigenvalue weighted by Gasteiger charge is -2.24. The first-order valence-electron chi connectivity index (χ1n) is 9.29. The third kappa shape index (κ3) is 7.40. The number of carbonyl (C=O) groups excluding carboxylic acids is 1. The van der Waals surface area contributed by atoms with E-state index in [-0.39, 0.29) is 11.8 Å². The molecule has 7 nitrogen and oxygen atoms in total. The van der Waals surface area contributed by atoms with Crippen molar-refractivity contribution in [3.05, 3.63) is 59.2 Å². The topological polar surface area (TPSA) is 84.9 Å². The fraction of sp³-hybridized carbons (Fsp3) is 0.381. The highest BCUT2D eigenvalue weighted by atomic mass is 32.2. The number of methoxy groups -OCH3 is 1. The van der Waals surface area contributed by atoms with Crippen LogP contribution in [0.2, 0.25) is 0 Å². The molecule has 0 aliphatic rings. The summed E-state index contributed by atoms with van der Waals surface area (Å²) in [5.74, 6) is 0.238. The van der Waals surface area contributed by atoms with Crippen LogP contribution in [-0.2, 0) is 21.4 Å². The standard InChI is InChI=1S/C21H28N2O5S/c1-16-7-5-8-20(17(16)2)22-21(24)23(13-6-14-27-3)15-18-9-11-19(12-10-18)28-29(4,25)26/h5,7-12H,6,13-15H2,1-4H3,(H,22,24). The highest BCUT2D eigenvalue weighted by Gasteiger charge is 2.16. The minimum atomic E-state index is -3.57. The average molecular weight is 421 g/mol. The van der Waals surface area contributed by atoms with Gasteiger partial charge in [-0.25, -0.2) is 4.79 Å². The number of nitrogens with zero attached hydrogens (tertiary/aromatic N) is 1. The van der Waals surface area contributed by atoms with Crippen LogP contribution in [0, 0.1) is 13.8 Å². The Morgan fingerprint density at radius 2 is 1.79 bits per heavy atom. The summed E-state index contributed by atoms with van der Waals surface area (Å²) in [4.78, 5) is 14.6. The molecule has 0 aliphatic heterocycles. The average Bonchev–Trinajstić information content (AvgIpc) is 2.65. The minimum Gasteiger partial charge on any atom is -0.385 e. The van der Waals surface area contributed by atoms with Crippen LogP contribution < -0.4 is 9.50 Å². The zero-order valence-corrected chi connectivity index (χ0v) is 18.1. The first kappa shape index (κ1) is 22.7. The molecule has 0 aliphatic carbocycles. The molecule has 1 N–H and O–H groups in total. The van der Waals surface area contributed by atoms with Gasteiger partial charge in [-0.2, -0.15) is 8.42 Å². The molecule has 0 atom stereocenters. The first-order chi connectivity index (χ1) is 13.7. The number of hydrogen-bond acceptors (Lipinski definition) is 5. The van der Waals surface area contributed by atoms with E-state index in [1.54, 1.807) is 36.3 Å². The van der Waals surface area contributed by atoms with Crippen LogP contribution in [0.5, 0.6) is 5.75 Å². The zero-order chi connectivity index (χ0) is 21.4. The fourth-order valence-corrected chi connectivity index (χ4v) is 3.24. The van der Waals surface area contributed by atoms with E-state index in [0.717, 1.165) is 28.6 Å². The summed E-state index contributed by atoms with van der Waals surface area (Å²) < 4.78 is 32.4. The number of carbonyl (C=O) groups is 1. The molecule has 0 bridgehead atoms. The van der Waals surface area contributed by atoms with Crippen molar-refractivity contribution in [2.24, 2.45) is 0 Å². The Balaban J connectivity index is 2.12. The molecule has 2 aromatic rings. The summed E-state index contributed by atoms with van der Waals surface area (Å²) in [6, 6.07) is 12.2. The first-order valence-corrected chi connectivity index (χ1v) is 11.1. The Labute approximate surface area is 172 Å². The van der Waals surface area contributed by atoms with Crippen molar-refractivity contribution in [2.75, 3.05) is 31.8 Å². The van der Waals surface area contributed by atoms with Gasteiger partial charge >= 0.3 is 16.1 Å². The highest BCUT2D eigenvalue weighted by molar-refractivity contribution is 7.86. The van der Waals surface area contributed by atoms with Crippen LogP contribution in [0.25, 0.3) is 0 Å². The van der Waals surface area contributed by atoms with Crippen molar-refractivity contribution in [1.29, 1.82) is 0 Å². The summed E-state index contributed by atoms with van der Waals surface area (Å²) in [5.41, 5.74) is 3.78. The molecule has 0 heterocycles. The van der Waals surface area contributed by atoms with Gasteiger partial charge in [-0.3, -0.25) is 0 Å². The molecule has 0 unspecified atom stereocenters. The van der Waals surface area contributed by atoms with Gasteiger partial charge in [0.25, 0.3) is 0 Å². The zero-order valence-electron chi connectivity index (χ0n) is 17.3. The number of rotatable bonds is 9. The van der Waals surface area contributed by atoms with Crippen LogP contribution >= 0.6 is 0 Å². The van der Waals surface area contributed by atoms with Gasteiger partial charge in [0, 0.05) is 32.5 Å². The van der Waals surface area contributed by atoms with Gasteiger partial charge in [0.15, 0.2) is 0 Å². The predicted molar refractivity (Wildman–Crippen MR) is 114 cm³/mol. The van der Waals surface area contributed by atoms with Gasteiger partial charge < -0.3 is 19.1 Å². The number of urea groups is 1. The Hall–Kier alpha value is -2.58. The monoisotopic (exact) mass is 420 g/mol. The molecule has 0 aromatic heterocycles. The second kappa shape index (κ2) is 10.3. The van der Waals surface area contributed by atoms with Gasteiger partial charge in [-0.05, 0) is 55.2 Å². The Bertz CT molecular complexity index is 927. The number of benzene rings is 2. The van der Waals surface area contributed by atoms with E-state index in [4.69, 9.17) is 8.92 Å². The lowest BCUT2D eigenvalue weighted by Crippen LogP contribution is -2.36. The van der Waals surface area contributed by atoms with E-state index in [2.05, 4.69) is 5.32 Å². The fourth-order valence-electron chi connectivity index (χ4n) is 2.78. The summed E-state index contributed by atoms with van der Waals surface area (Å²) in [5, 5.41) is 2.98. The normalized spacial score (nSPS) is 11.2. The number of amides is 2. The van der Waals surface area contributed by atoms with Gasteiger partial charge in [0.2, 0.25) is 0 Å². The van der Waals surface area contributed by atoms with Crippen LogP contribution in [-0.4, -0.2) is 45.9 Å². The van der Waals surface area contributed by atoms with Crippen LogP contribution in [0.3, 0.4) is 0 Å². The molecular formula is C21H28N2O5S. The number of aryl methyl sites for hydroxylation is 1. The molecule has 8 heteroatoms. The molecule has 0 saturated carbocycles. The molecule has 158 valence electrons. The minimum absolute atomic E-state index is 0.203. The van der Waals surface area contributed by atoms with Gasteiger partial charge in [-0.1, -0.05) is 24.3 Å². The van der Waals surface area contributed by atoms with Crippen molar-refractivity contribution >= 4 is 21.8 Å². The van der Waals surface area contributed by atoms with Crippen molar-refractivity contribution in [2.45, 2.75) is 26.8 Å². The second-order valence-electron chi connectivity index (χ2n) is 6.88. The Morgan fingerprint density at radius 1 is 1.10 bits per heavy atom. The van der Waals surface area contributed by atoms with E-state index >= 15 is 0 Å². The van der Waals surface area contributed by atoms with Crippen LogP contribution in [0.15, 0.2) is 42.5 Å². The molecule has 29 heavy (non-hydrogen) atoms. The number of ether oxygens (including phenoxy) is 1. The summed E-state index contributed by atoms with van der Waals surface area (Å²) in [6.07, 6.45) is 1.70. The largest absolute Gasteiger partial charge is 0.385 e. The van der Waals surface area contributed by atoms with Gasteiger partial charge in [0.05, 0.1) is 6.26 Å². The molecule has 2 aromatic carbocycles. The number of anilines is 1. The van der Waals surface area contributed by atoms with E-state index in [1.807, 2.05) is 32.0 Å². The smallest absolute Gasteiger partial charge is 0.322 e. The van der Waals surface area contributed by atoms with Crippen molar-refractivity contribution in [3.8, 4) is 5.75 Å². The Morgan fingerprint density at radius 3 is 2.41 bits per heavy atom. The van der Waals surface area contributed by atoms with Crippen molar-refractivity contribution < 1.29 is 22.1 Å². The summed E-state index contributed by atoms with van der Waals surface area (Å²) in [7, 11) is -1.95. The molecule has 0 fully saturated rings. The molecule has 0 radical (unpaired) electrons. The van der Waals surface area contributed by atoms with E-state index in [9.17, 15) is 13.2 Å². The SMILES string of the molecule is COCCCN(Cc1ccc(OS(C)(=O)=O)cc1)C(=O)Nc1cccc(C)c1C.